The van der Waals surface area contributed by atoms with Crippen molar-refractivity contribution in [3.8, 4) is 0 Å². The predicted molar refractivity (Wildman–Crippen MR) is 64.2 cm³/mol. The lowest BCUT2D eigenvalue weighted by Gasteiger charge is -2.45. The molecule has 1 aliphatic heterocycles. The molecule has 1 N–H and O–H groups in total. The van der Waals surface area contributed by atoms with Gasteiger partial charge in [0.05, 0.1) is 6.61 Å². The number of ether oxygens (including phenoxy) is 1. The maximum Gasteiger partial charge on any atom is 0.0509 e. The third-order valence-corrected chi connectivity index (χ3v) is 3.89. The monoisotopic (exact) mass is 214 g/mol. The van der Waals surface area contributed by atoms with E-state index in [-0.39, 0.29) is 5.54 Å². The fourth-order valence-corrected chi connectivity index (χ4v) is 2.47. The molecule has 2 unspecified atom stereocenters. The molecule has 0 bridgehead atoms. The van der Waals surface area contributed by atoms with E-state index in [9.17, 15) is 0 Å². The van der Waals surface area contributed by atoms with E-state index in [1.54, 1.807) is 0 Å². The third-order valence-electron chi connectivity index (χ3n) is 3.89. The van der Waals surface area contributed by atoms with Crippen molar-refractivity contribution < 1.29 is 4.74 Å². The third kappa shape index (κ3) is 2.92. The Morgan fingerprint density at radius 1 is 1.40 bits per heavy atom. The van der Waals surface area contributed by atoms with E-state index in [0.717, 1.165) is 13.2 Å². The van der Waals surface area contributed by atoms with E-state index in [1.807, 2.05) is 0 Å². The van der Waals surface area contributed by atoms with E-state index in [4.69, 9.17) is 4.74 Å². The first-order valence-electron chi connectivity index (χ1n) is 5.92. The van der Waals surface area contributed by atoms with Crippen LogP contribution in [-0.4, -0.2) is 50.8 Å². The van der Waals surface area contributed by atoms with Gasteiger partial charge in [0, 0.05) is 18.2 Å². The average Bonchev–Trinajstić information content (AvgIpc) is 2.19. The summed E-state index contributed by atoms with van der Waals surface area (Å²) in [6, 6.07) is 0.493. The van der Waals surface area contributed by atoms with Crippen LogP contribution in [0.4, 0.5) is 0 Å². The summed E-state index contributed by atoms with van der Waals surface area (Å²) in [6.07, 6.45) is 2.48. The van der Waals surface area contributed by atoms with Crippen molar-refractivity contribution in [2.75, 3.05) is 34.4 Å². The molecule has 0 radical (unpaired) electrons. The van der Waals surface area contributed by atoms with Gasteiger partial charge in [-0.3, -0.25) is 0 Å². The molecule has 1 aliphatic rings. The molecule has 0 aliphatic carbocycles. The zero-order valence-electron chi connectivity index (χ0n) is 10.8. The van der Waals surface area contributed by atoms with E-state index in [2.05, 4.69) is 45.2 Å². The molecule has 0 spiro atoms. The normalized spacial score (nSPS) is 25.6. The Morgan fingerprint density at radius 2 is 2.07 bits per heavy atom. The molecule has 0 aromatic rings. The van der Waals surface area contributed by atoms with E-state index in [1.165, 1.54) is 12.8 Å². The van der Waals surface area contributed by atoms with Gasteiger partial charge in [0.15, 0.2) is 0 Å². The van der Waals surface area contributed by atoms with Gasteiger partial charge in [-0.05, 0) is 53.8 Å². The van der Waals surface area contributed by atoms with Gasteiger partial charge in [-0.1, -0.05) is 0 Å². The highest BCUT2D eigenvalue weighted by Gasteiger charge is 2.36. The molecule has 2 atom stereocenters. The molecule has 1 heterocycles. The molecule has 3 nitrogen and oxygen atoms in total. The number of likely N-dealkylation sites (N-methyl/N-ethyl adjacent to an activating group) is 2. The van der Waals surface area contributed by atoms with E-state index in [0.29, 0.717) is 12.0 Å². The molecule has 0 aromatic carbocycles. The number of rotatable bonds is 4. The molecular weight excluding hydrogens is 188 g/mol. The molecule has 0 aromatic heterocycles. The largest absolute Gasteiger partial charge is 0.381 e. The maximum atomic E-state index is 5.58. The summed E-state index contributed by atoms with van der Waals surface area (Å²) in [6.45, 7) is 6.43. The summed E-state index contributed by atoms with van der Waals surface area (Å²) in [7, 11) is 6.35. The minimum absolute atomic E-state index is 0.167. The Kier molecular flexibility index (Phi) is 4.56. The summed E-state index contributed by atoms with van der Waals surface area (Å²) >= 11 is 0. The highest BCUT2D eigenvalue weighted by Crippen LogP contribution is 2.27. The smallest absolute Gasteiger partial charge is 0.0509 e. The molecule has 0 amide bonds. The topological polar surface area (TPSA) is 24.5 Å². The highest BCUT2D eigenvalue weighted by molar-refractivity contribution is 4.95. The maximum absolute atomic E-state index is 5.58. The van der Waals surface area contributed by atoms with Crippen LogP contribution in [0.2, 0.25) is 0 Å². The van der Waals surface area contributed by atoms with Gasteiger partial charge in [0.25, 0.3) is 0 Å². The zero-order valence-corrected chi connectivity index (χ0v) is 10.8. The lowest BCUT2D eigenvalue weighted by atomic mass is 9.81. The summed E-state index contributed by atoms with van der Waals surface area (Å²) in [5, 5.41) is 3.47. The molecule has 90 valence electrons. The second kappa shape index (κ2) is 5.28. The first kappa shape index (κ1) is 12.9. The van der Waals surface area contributed by atoms with Crippen LogP contribution in [-0.2, 0) is 4.74 Å². The Hall–Kier alpha value is -0.120. The molecule has 1 fully saturated rings. The van der Waals surface area contributed by atoms with Crippen LogP contribution in [0.25, 0.3) is 0 Å². The van der Waals surface area contributed by atoms with Gasteiger partial charge in [-0.15, -0.1) is 0 Å². The summed E-state index contributed by atoms with van der Waals surface area (Å²) in [5.74, 6) is 0.640. The van der Waals surface area contributed by atoms with Gasteiger partial charge in [0.1, 0.15) is 0 Å². The highest BCUT2D eigenvalue weighted by atomic mass is 16.5. The Bertz CT molecular complexity index is 186. The van der Waals surface area contributed by atoms with E-state index < -0.39 is 0 Å². The summed E-state index contributed by atoms with van der Waals surface area (Å²) in [5.41, 5.74) is 0.167. The number of nitrogens with one attached hydrogen (secondary N) is 1. The van der Waals surface area contributed by atoms with Gasteiger partial charge in [-0.25, -0.2) is 0 Å². The van der Waals surface area contributed by atoms with Crippen molar-refractivity contribution in [3.63, 3.8) is 0 Å². The van der Waals surface area contributed by atoms with E-state index >= 15 is 0 Å². The molecule has 1 saturated heterocycles. The first-order valence-corrected chi connectivity index (χ1v) is 5.92. The van der Waals surface area contributed by atoms with Crippen LogP contribution >= 0.6 is 0 Å². The molecular formula is C12H26N2O. The number of hydrogen-bond donors (Lipinski definition) is 1. The standard InChI is InChI=1S/C12H26N2O/c1-12(2,14(4)5)11(13-3)10-7-6-8-15-9-10/h10-11,13H,6-9H2,1-5H3. The predicted octanol–water partition coefficient (Wildman–Crippen LogP) is 1.34. The van der Waals surface area contributed by atoms with Gasteiger partial charge in [0.2, 0.25) is 0 Å². The van der Waals surface area contributed by atoms with Crippen molar-refractivity contribution in [2.45, 2.75) is 38.3 Å². The fraction of sp³-hybridized carbons (Fsp3) is 1.00. The van der Waals surface area contributed by atoms with Gasteiger partial charge < -0.3 is 15.0 Å². The second-order valence-electron chi connectivity index (χ2n) is 5.29. The Labute approximate surface area is 94.2 Å². The molecule has 0 saturated carbocycles. The minimum Gasteiger partial charge on any atom is -0.381 e. The van der Waals surface area contributed by atoms with Crippen molar-refractivity contribution in [2.24, 2.45) is 5.92 Å². The summed E-state index contributed by atoms with van der Waals surface area (Å²) < 4.78 is 5.58. The molecule has 3 heteroatoms. The van der Waals surface area contributed by atoms with Crippen molar-refractivity contribution in [1.82, 2.24) is 10.2 Å². The number of nitrogens with zero attached hydrogens (tertiary/aromatic N) is 1. The lowest BCUT2D eigenvalue weighted by Crippen LogP contribution is -2.58. The second-order valence-corrected chi connectivity index (χ2v) is 5.29. The van der Waals surface area contributed by atoms with Crippen molar-refractivity contribution in [1.29, 1.82) is 0 Å². The quantitative estimate of drug-likeness (QED) is 0.764. The van der Waals surface area contributed by atoms with Crippen LogP contribution in [0, 0.1) is 5.92 Å². The van der Waals surface area contributed by atoms with Crippen LogP contribution < -0.4 is 5.32 Å². The Morgan fingerprint density at radius 3 is 2.47 bits per heavy atom. The van der Waals surface area contributed by atoms with Crippen LogP contribution in [0.15, 0.2) is 0 Å². The van der Waals surface area contributed by atoms with Gasteiger partial charge >= 0.3 is 0 Å². The summed E-state index contributed by atoms with van der Waals surface area (Å²) in [4.78, 5) is 2.29. The minimum atomic E-state index is 0.167. The SMILES string of the molecule is CNC(C1CCCOC1)C(C)(C)N(C)C. The molecule has 15 heavy (non-hydrogen) atoms. The van der Waals surface area contributed by atoms with Crippen molar-refractivity contribution in [3.05, 3.63) is 0 Å². The van der Waals surface area contributed by atoms with Crippen molar-refractivity contribution >= 4 is 0 Å². The average molecular weight is 214 g/mol. The first-order chi connectivity index (χ1) is 7.00. The van der Waals surface area contributed by atoms with Crippen LogP contribution in [0.1, 0.15) is 26.7 Å². The number of hydrogen-bond acceptors (Lipinski definition) is 3. The molecule has 1 rings (SSSR count). The Balaban J connectivity index is 2.68. The van der Waals surface area contributed by atoms with Crippen LogP contribution in [0.5, 0.6) is 0 Å². The zero-order chi connectivity index (χ0) is 11.5. The van der Waals surface area contributed by atoms with Gasteiger partial charge in [-0.2, -0.15) is 0 Å². The van der Waals surface area contributed by atoms with Crippen LogP contribution in [0.3, 0.4) is 0 Å². The fourth-order valence-electron chi connectivity index (χ4n) is 2.47. The lowest BCUT2D eigenvalue weighted by molar-refractivity contribution is 0.00673.